The topological polar surface area (TPSA) is 110 Å². The van der Waals surface area contributed by atoms with Crippen LogP contribution in [0.3, 0.4) is 0 Å². The van der Waals surface area contributed by atoms with Gasteiger partial charge in [-0.05, 0) is 12.8 Å². The second-order valence-corrected chi connectivity index (χ2v) is 6.11. The molecule has 2 N–H and O–H groups in total. The van der Waals surface area contributed by atoms with Gasteiger partial charge in [-0.15, -0.1) is 0 Å². The maximum atomic E-state index is 12.2. The number of anilines is 1. The van der Waals surface area contributed by atoms with Gasteiger partial charge in [-0.2, -0.15) is 5.26 Å². The predicted octanol–water partition coefficient (Wildman–Crippen LogP) is 1.96. The summed E-state index contributed by atoms with van der Waals surface area (Å²) in [5, 5.41) is 14.9. The number of methoxy groups -OCH3 is 3. The number of hydrogen-bond donors (Lipinski definition) is 2. The third kappa shape index (κ3) is 4.79. The Morgan fingerprint density at radius 3 is 2.23 bits per heavy atom. The number of esters is 1. The van der Waals surface area contributed by atoms with Gasteiger partial charge in [0.15, 0.2) is 11.5 Å². The first-order valence-corrected chi connectivity index (χ1v) is 8.02. The molecule has 0 spiro atoms. The summed E-state index contributed by atoms with van der Waals surface area (Å²) >= 11 is 0. The van der Waals surface area contributed by atoms with E-state index in [1.165, 1.54) is 27.4 Å². The van der Waals surface area contributed by atoms with E-state index < -0.39 is 11.5 Å². The van der Waals surface area contributed by atoms with Crippen molar-refractivity contribution >= 4 is 17.6 Å². The summed E-state index contributed by atoms with van der Waals surface area (Å²) in [5.41, 5.74) is -0.431. The van der Waals surface area contributed by atoms with Gasteiger partial charge in [0.1, 0.15) is 5.54 Å². The van der Waals surface area contributed by atoms with E-state index in [9.17, 15) is 14.9 Å². The highest BCUT2D eigenvalue weighted by molar-refractivity contribution is 5.97. The third-order valence-electron chi connectivity index (χ3n) is 4.15. The van der Waals surface area contributed by atoms with Gasteiger partial charge < -0.3 is 24.8 Å². The van der Waals surface area contributed by atoms with E-state index in [0.29, 0.717) is 17.2 Å². The molecule has 0 heterocycles. The second kappa shape index (κ2) is 8.94. The number of nitriles is 1. The largest absolute Gasteiger partial charge is 0.493 e. The highest BCUT2D eigenvalue weighted by atomic mass is 16.5. The Morgan fingerprint density at radius 2 is 1.77 bits per heavy atom. The predicted molar refractivity (Wildman–Crippen MR) is 96.4 cm³/mol. The van der Waals surface area contributed by atoms with E-state index >= 15 is 0 Å². The number of benzene rings is 1. The molecule has 1 unspecified atom stereocenters. The van der Waals surface area contributed by atoms with Crippen LogP contribution in [0.2, 0.25) is 0 Å². The van der Waals surface area contributed by atoms with Crippen molar-refractivity contribution < 1.29 is 23.8 Å². The molecule has 1 aromatic carbocycles. The highest BCUT2D eigenvalue weighted by Gasteiger charge is 2.30. The number of ether oxygens (including phenoxy) is 3. The van der Waals surface area contributed by atoms with E-state index in [4.69, 9.17) is 14.2 Å². The minimum absolute atomic E-state index is 0.0665. The van der Waals surface area contributed by atoms with Crippen molar-refractivity contribution in [2.45, 2.75) is 26.3 Å². The van der Waals surface area contributed by atoms with Crippen molar-refractivity contribution in [1.82, 2.24) is 5.32 Å². The summed E-state index contributed by atoms with van der Waals surface area (Å²) in [6.45, 7) is 5.22. The maximum absolute atomic E-state index is 12.2. The summed E-state index contributed by atoms with van der Waals surface area (Å²) in [6, 6.07) is 5.13. The number of carbonyl (C=O) groups is 2. The van der Waals surface area contributed by atoms with Gasteiger partial charge in [-0.1, -0.05) is 13.8 Å². The number of nitrogens with one attached hydrogen (secondary N) is 2. The molecule has 1 aromatic rings. The van der Waals surface area contributed by atoms with Crippen molar-refractivity contribution in [2.24, 2.45) is 5.92 Å². The van der Waals surface area contributed by atoms with Gasteiger partial charge in [0.05, 0.1) is 45.2 Å². The SMILES string of the molecule is COC(=O)c1cc(OC)c(OC)cc1NCC(=O)NC(C)(C#N)C(C)C. The Bertz CT molecular complexity index is 712. The number of amides is 1. The molecule has 8 nitrogen and oxygen atoms in total. The van der Waals surface area contributed by atoms with Crippen LogP contribution in [0.25, 0.3) is 0 Å². The zero-order valence-corrected chi connectivity index (χ0v) is 15.9. The lowest BCUT2D eigenvalue weighted by Crippen LogP contribution is -2.50. The van der Waals surface area contributed by atoms with E-state index in [-0.39, 0.29) is 23.9 Å². The molecule has 0 bridgehead atoms. The Kier molecular flexibility index (Phi) is 7.26. The van der Waals surface area contributed by atoms with Gasteiger partial charge in [0.25, 0.3) is 0 Å². The van der Waals surface area contributed by atoms with E-state index in [0.717, 1.165) is 0 Å². The van der Waals surface area contributed by atoms with Crippen molar-refractivity contribution in [1.29, 1.82) is 5.26 Å². The van der Waals surface area contributed by atoms with Crippen molar-refractivity contribution in [3.8, 4) is 17.6 Å². The lowest BCUT2D eigenvalue weighted by Gasteiger charge is -2.27. The number of hydrogen-bond acceptors (Lipinski definition) is 7. The molecule has 0 aliphatic rings. The number of nitrogens with zero attached hydrogens (tertiary/aromatic N) is 1. The molecule has 26 heavy (non-hydrogen) atoms. The van der Waals surface area contributed by atoms with Crippen LogP contribution in [0.4, 0.5) is 5.69 Å². The minimum Gasteiger partial charge on any atom is -0.493 e. The van der Waals surface area contributed by atoms with E-state index in [1.807, 2.05) is 13.8 Å². The van der Waals surface area contributed by atoms with Gasteiger partial charge in [0.2, 0.25) is 5.91 Å². The van der Waals surface area contributed by atoms with Crippen molar-refractivity contribution in [2.75, 3.05) is 33.2 Å². The highest BCUT2D eigenvalue weighted by Crippen LogP contribution is 2.33. The maximum Gasteiger partial charge on any atom is 0.340 e. The molecule has 0 saturated heterocycles. The summed E-state index contributed by atoms with van der Waals surface area (Å²) in [7, 11) is 4.18. The molecule has 0 aliphatic heterocycles. The smallest absolute Gasteiger partial charge is 0.340 e. The standard InChI is InChI=1S/C18H25N3O5/c1-11(2)18(3,10-19)21-16(22)9-20-13-8-15(25-5)14(24-4)7-12(13)17(23)26-6/h7-8,11,20H,9H2,1-6H3,(H,21,22). The summed E-state index contributed by atoms with van der Waals surface area (Å²) in [6.07, 6.45) is 0. The minimum atomic E-state index is -0.985. The van der Waals surface area contributed by atoms with Gasteiger partial charge in [-0.3, -0.25) is 4.79 Å². The third-order valence-corrected chi connectivity index (χ3v) is 4.15. The molecule has 0 radical (unpaired) electrons. The Morgan fingerprint density at radius 1 is 1.19 bits per heavy atom. The molecule has 142 valence electrons. The molecule has 0 aliphatic carbocycles. The summed E-state index contributed by atoms with van der Waals surface area (Å²) in [4.78, 5) is 24.2. The van der Waals surface area contributed by atoms with Crippen LogP contribution >= 0.6 is 0 Å². The first-order valence-electron chi connectivity index (χ1n) is 8.02. The van der Waals surface area contributed by atoms with Gasteiger partial charge in [0, 0.05) is 12.1 Å². The average molecular weight is 363 g/mol. The van der Waals surface area contributed by atoms with Crippen LogP contribution < -0.4 is 20.1 Å². The normalized spacial score (nSPS) is 12.5. The van der Waals surface area contributed by atoms with E-state index in [2.05, 4.69) is 16.7 Å². The van der Waals surface area contributed by atoms with Crippen molar-refractivity contribution in [3.63, 3.8) is 0 Å². The number of rotatable bonds is 8. The molecule has 0 aromatic heterocycles. The molecule has 1 rings (SSSR count). The molecule has 1 atom stereocenters. The van der Waals surface area contributed by atoms with Crippen molar-refractivity contribution in [3.05, 3.63) is 17.7 Å². The zero-order valence-electron chi connectivity index (χ0n) is 15.9. The Labute approximate surface area is 153 Å². The number of carbonyl (C=O) groups excluding carboxylic acids is 2. The Hall–Kier alpha value is -2.95. The van der Waals surface area contributed by atoms with Crippen LogP contribution in [0.5, 0.6) is 11.5 Å². The molecular formula is C18H25N3O5. The molecule has 8 heteroatoms. The van der Waals surface area contributed by atoms with E-state index in [1.54, 1.807) is 13.0 Å². The second-order valence-electron chi connectivity index (χ2n) is 6.11. The molecule has 0 fully saturated rings. The van der Waals surface area contributed by atoms with Crippen LogP contribution in [-0.4, -0.2) is 45.3 Å². The molecule has 1 amide bonds. The van der Waals surface area contributed by atoms with Crippen LogP contribution in [-0.2, 0) is 9.53 Å². The van der Waals surface area contributed by atoms with Gasteiger partial charge in [-0.25, -0.2) is 4.79 Å². The fourth-order valence-corrected chi connectivity index (χ4v) is 2.11. The fourth-order valence-electron chi connectivity index (χ4n) is 2.11. The van der Waals surface area contributed by atoms with Crippen LogP contribution in [0, 0.1) is 17.2 Å². The van der Waals surface area contributed by atoms with Crippen LogP contribution in [0.15, 0.2) is 12.1 Å². The summed E-state index contributed by atoms with van der Waals surface area (Å²) < 4.78 is 15.2. The lowest BCUT2D eigenvalue weighted by atomic mass is 9.90. The lowest BCUT2D eigenvalue weighted by molar-refractivity contribution is -0.121. The monoisotopic (exact) mass is 363 g/mol. The molecule has 0 saturated carbocycles. The summed E-state index contributed by atoms with van der Waals surface area (Å²) in [5.74, 6) is -0.277. The van der Waals surface area contributed by atoms with Crippen LogP contribution in [0.1, 0.15) is 31.1 Å². The average Bonchev–Trinajstić information content (AvgIpc) is 2.64. The first kappa shape index (κ1) is 21.1. The Balaban J connectivity index is 3.03. The quantitative estimate of drug-likeness (QED) is 0.679. The van der Waals surface area contributed by atoms with Gasteiger partial charge >= 0.3 is 5.97 Å². The molecular weight excluding hydrogens is 338 g/mol. The fraction of sp³-hybridized carbons (Fsp3) is 0.500. The zero-order chi connectivity index (χ0) is 19.9. The first-order chi connectivity index (χ1) is 12.2.